The molecule has 1 aromatic heterocycles. The van der Waals surface area contributed by atoms with Crippen LogP contribution in [0.5, 0.6) is 0 Å². The zero-order valence-corrected chi connectivity index (χ0v) is 25.1. The topological polar surface area (TPSA) is 94.3 Å². The lowest BCUT2D eigenvalue weighted by molar-refractivity contribution is 0.0981. The number of anilines is 1. The van der Waals surface area contributed by atoms with Crippen LogP contribution >= 0.6 is 15.9 Å². The zero-order chi connectivity index (χ0) is 29.6. The number of amides is 2. The predicted octanol–water partition coefficient (Wildman–Crippen LogP) is 7.09. The second-order valence-corrected chi connectivity index (χ2v) is 12.0. The summed E-state index contributed by atoms with van der Waals surface area (Å²) in [7, 11) is 0. The lowest BCUT2D eigenvalue weighted by atomic mass is 9.91. The Morgan fingerprint density at radius 2 is 1.48 bits per heavy atom. The Kier molecular flexibility index (Phi) is 7.09. The van der Waals surface area contributed by atoms with Crippen LogP contribution in [0.4, 0.5) is 5.69 Å². The predicted molar refractivity (Wildman–Crippen MR) is 171 cm³/mol. The highest BCUT2D eigenvalue weighted by molar-refractivity contribution is 9.10. The van der Waals surface area contributed by atoms with E-state index >= 15 is 0 Å². The number of fused-ring (bicyclic) bond motifs is 2. The first-order valence-corrected chi connectivity index (χ1v) is 14.6. The number of carbonyl (C=O) groups is 2. The summed E-state index contributed by atoms with van der Waals surface area (Å²) in [5.74, 6) is -0.637. The van der Waals surface area contributed by atoms with E-state index in [1.54, 1.807) is 0 Å². The van der Waals surface area contributed by atoms with Gasteiger partial charge < -0.3 is 20.9 Å². The molecular formula is C35H31BrN4O2. The smallest absolute Gasteiger partial charge is 0.259 e. The molecule has 2 heterocycles. The van der Waals surface area contributed by atoms with Gasteiger partial charge >= 0.3 is 0 Å². The molecule has 2 amide bonds. The molecule has 1 aliphatic heterocycles. The molecule has 42 heavy (non-hydrogen) atoms. The Morgan fingerprint density at radius 3 is 2.17 bits per heavy atom. The number of para-hydroxylation sites is 1. The Balaban J connectivity index is 1.40. The maximum absolute atomic E-state index is 14.2. The van der Waals surface area contributed by atoms with Gasteiger partial charge in [0, 0.05) is 28.1 Å². The number of aromatic nitrogens is 1. The average Bonchev–Trinajstić information content (AvgIpc) is 3.31. The molecule has 5 aromatic rings. The van der Waals surface area contributed by atoms with Gasteiger partial charge in [-0.3, -0.25) is 9.59 Å². The molecule has 210 valence electrons. The summed E-state index contributed by atoms with van der Waals surface area (Å²) in [6.07, 6.45) is 0. The molecule has 4 N–H and O–H groups in total. The van der Waals surface area contributed by atoms with Crippen molar-refractivity contribution in [1.29, 1.82) is 0 Å². The van der Waals surface area contributed by atoms with Crippen LogP contribution in [0.15, 0.2) is 108 Å². The highest BCUT2D eigenvalue weighted by Crippen LogP contribution is 2.36. The minimum absolute atomic E-state index is 0.128. The van der Waals surface area contributed by atoms with E-state index in [0.717, 1.165) is 39.3 Å². The van der Waals surface area contributed by atoms with Crippen molar-refractivity contribution in [1.82, 2.24) is 4.57 Å². The number of halogens is 1. The lowest BCUT2D eigenvalue weighted by Gasteiger charge is -2.23. The van der Waals surface area contributed by atoms with Gasteiger partial charge in [0.2, 0.25) is 5.91 Å². The third-order valence-corrected chi connectivity index (χ3v) is 8.47. The molecule has 0 fully saturated rings. The van der Waals surface area contributed by atoms with Crippen LogP contribution in [-0.4, -0.2) is 16.4 Å². The Labute approximate surface area is 253 Å². The van der Waals surface area contributed by atoms with Gasteiger partial charge in [0.1, 0.15) is 0 Å². The van der Waals surface area contributed by atoms with Crippen LogP contribution in [0.3, 0.4) is 0 Å². The van der Waals surface area contributed by atoms with Gasteiger partial charge in [-0.25, -0.2) is 0 Å². The first-order valence-electron chi connectivity index (χ1n) is 13.8. The molecule has 0 unspecified atom stereocenters. The van der Waals surface area contributed by atoms with E-state index in [0.29, 0.717) is 34.3 Å². The standard InChI is InChI=1S/C35H31BrN4O2/c1-35(2,38)31-18-16-25-21-40(30-14-7-6-11-24(30)20-39(25)31)34(42)28-17-15-23(19-29(28)36)27-13-8-12-26(32(27)33(37)41)22-9-4-3-5-10-22/h3-19H,20-21,38H2,1-2H3,(H2,37,41). The fraction of sp³-hybridized carbons (Fsp3) is 0.143. The maximum atomic E-state index is 14.2. The first-order chi connectivity index (χ1) is 20.1. The Hall–Kier alpha value is -4.46. The van der Waals surface area contributed by atoms with Crippen LogP contribution in [0.25, 0.3) is 22.3 Å². The second-order valence-electron chi connectivity index (χ2n) is 11.2. The number of nitrogens with zero attached hydrogens (tertiary/aromatic N) is 2. The Bertz CT molecular complexity index is 1840. The summed E-state index contributed by atoms with van der Waals surface area (Å²) >= 11 is 3.67. The van der Waals surface area contributed by atoms with Crippen LogP contribution in [-0.2, 0) is 18.6 Å². The van der Waals surface area contributed by atoms with Crippen molar-refractivity contribution in [2.45, 2.75) is 32.5 Å². The molecule has 4 aromatic carbocycles. The molecule has 0 saturated heterocycles. The number of benzene rings is 4. The monoisotopic (exact) mass is 618 g/mol. The van der Waals surface area contributed by atoms with Crippen molar-refractivity contribution in [2.75, 3.05) is 4.90 Å². The van der Waals surface area contributed by atoms with E-state index in [2.05, 4.69) is 38.7 Å². The average molecular weight is 620 g/mol. The molecule has 0 saturated carbocycles. The molecule has 6 rings (SSSR count). The molecule has 0 atom stereocenters. The summed E-state index contributed by atoms with van der Waals surface area (Å²) in [5.41, 5.74) is 20.0. The number of hydrogen-bond acceptors (Lipinski definition) is 3. The Morgan fingerprint density at radius 1 is 0.786 bits per heavy atom. The minimum atomic E-state index is -0.521. The van der Waals surface area contributed by atoms with Gasteiger partial charge in [0.05, 0.1) is 23.2 Å². The summed E-state index contributed by atoms with van der Waals surface area (Å²) in [4.78, 5) is 28.7. The van der Waals surface area contributed by atoms with Crippen LogP contribution in [0.1, 0.15) is 51.5 Å². The SMILES string of the molecule is CC(C)(N)c1ccc2n1Cc1ccccc1N(C(=O)c1ccc(-c3cccc(-c4ccccc4)c3C(N)=O)cc1Br)C2. The van der Waals surface area contributed by atoms with Crippen molar-refractivity contribution in [3.63, 3.8) is 0 Å². The molecule has 0 bridgehead atoms. The number of rotatable bonds is 5. The normalized spacial score (nSPS) is 12.8. The van der Waals surface area contributed by atoms with E-state index in [-0.39, 0.29) is 5.91 Å². The third kappa shape index (κ3) is 4.95. The second kappa shape index (κ2) is 10.7. The van der Waals surface area contributed by atoms with Crippen molar-refractivity contribution < 1.29 is 9.59 Å². The maximum Gasteiger partial charge on any atom is 0.259 e. The number of carbonyl (C=O) groups excluding carboxylic acids is 2. The first kappa shape index (κ1) is 27.7. The molecule has 0 radical (unpaired) electrons. The van der Waals surface area contributed by atoms with Gasteiger partial charge in [-0.1, -0.05) is 72.8 Å². The minimum Gasteiger partial charge on any atom is -0.366 e. The molecule has 0 spiro atoms. The molecular weight excluding hydrogens is 588 g/mol. The quantitative estimate of drug-likeness (QED) is 0.220. The number of nitrogens with two attached hydrogens (primary N) is 2. The molecule has 1 aliphatic rings. The fourth-order valence-corrected chi connectivity index (χ4v) is 6.37. The largest absolute Gasteiger partial charge is 0.366 e. The van der Waals surface area contributed by atoms with E-state index < -0.39 is 11.4 Å². The van der Waals surface area contributed by atoms with Crippen molar-refractivity contribution in [2.24, 2.45) is 11.5 Å². The van der Waals surface area contributed by atoms with Gasteiger partial charge in [0.25, 0.3) is 5.91 Å². The van der Waals surface area contributed by atoms with E-state index in [1.165, 1.54) is 0 Å². The number of primary amides is 1. The lowest BCUT2D eigenvalue weighted by Crippen LogP contribution is -2.32. The molecule has 7 heteroatoms. The number of hydrogen-bond donors (Lipinski definition) is 2. The van der Waals surface area contributed by atoms with Crippen LogP contribution in [0, 0.1) is 0 Å². The molecule has 6 nitrogen and oxygen atoms in total. The summed E-state index contributed by atoms with van der Waals surface area (Å²) in [6, 6.07) is 33.1. The van der Waals surface area contributed by atoms with E-state index in [4.69, 9.17) is 11.5 Å². The third-order valence-electron chi connectivity index (χ3n) is 7.81. The van der Waals surface area contributed by atoms with Gasteiger partial charge in [0.15, 0.2) is 0 Å². The summed E-state index contributed by atoms with van der Waals surface area (Å²) in [6.45, 7) is 5.03. The van der Waals surface area contributed by atoms with Gasteiger partial charge in [-0.05, 0) is 87.9 Å². The van der Waals surface area contributed by atoms with Crippen molar-refractivity contribution >= 4 is 33.4 Å². The van der Waals surface area contributed by atoms with Crippen molar-refractivity contribution in [3.8, 4) is 22.3 Å². The summed E-state index contributed by atoms with van der Waals surface area (Å²) < 4.78 is 2.85. The van der Waals surface area contributed by atoms with E-state index in [9.17, 15) is 9.59 Å². The van der Waals surface area contributed by atoms with E-state index in [1.807, 2.05) is 104 Å². The highest BCUT2D eigenvalue weighted by Gasteiger charge is 2.29. The van der Waals surface area contributed by atoms with Crippen LogP contribution < -0.4 is 16.4 Å². The summed E-state index contributed by atoms with van der Waals surface area (Å²) in [5, 5.41) is 0. The fourth-order valence-electron chi connectivity index (χ4n) is 5.82. The molecule has 0 aliphatic carbocycles. The van der Waals surface area contributed by atoms with Gasteiger partial charge in [-0.2, -0.15) is 0 Å². The van der Waals surface area contributed by atoms with Gasteiger partial charge in [-0.15, -0.1) is 0 Å². The van der Waals surface area contributed by atoms with Crippen molar-refractivity contribution in [3.05, 3.63) is 136 Å². The zero-order valence-electron chi connectivity index (χ0n) is 23.5. The highest BCUT2D eigenvalue weighted by atomic mass is 79.9. The van der Waals surface area contributed by atoms with Crippen LogP contribution in [0.2, 0.25) is 0 Å².